The Morgan fingerprint density at radius 1 is 0.962 bits per heavy atom. The van der Waals surface area contributed by atoms with Gasteiger partial charge in [-0.25, -0.2) is 15.0 Å². The Morgan fingerprint density at radius 3 is 2.46 bits per heavy atom. The molecule has 3 aromatic rings. The van der Waals surface area contributed by atoms with Gasteiger partial charge in [-0.1, -0.05) is 43.6 Å². The van der Waals surface area contributed by atoms with Gasteiger partial charge in [0.1, 0.15) is 5.69 Å². The number of nitrogens with zero attached hydrogens (tertiary/aromatic N) is 3. The van der Waals surface area contributed by atoms with Gasteiger partial charge in [-0.3, -0.25) is 0 Å². The van der Waals surface area contributed by atoms with Crippen molar-refractivity contribution < 1.29 is 0 Å². The standard InChI is InChI=1S/C22H22ClN3/c1-14-5-4-6-19(24-14)21-25-18-11-12-22(2,3)13-17(18)20(26-21)15-7-9-16(23)10-8-15/h4-10H,11-13H2,1-3H3. The molecule has 0 spiro atoms. The van der Waals surface area contributed by atoms with E-state index in [1.165, 1.54) is 5.56 Å². The minimum Gasteiger partial charge on any atom is -0.250 e. The molecular weight excluding hydrogens is 342 g/mol. The molecule has 0 aliphatic heterocycles. The van der Waals surface area contributed by atoms with E-state index in [4.69, 9.17) is 21.6 Å². The molecule has 132 valence electrons. The third kappa shape index (κ3) is 3.36. The van der Waals surface area contributed by atoms with E-state index in [1.807, 2.05) is 49.4 Å². The summed E-state index contributed by atoms with van der Waals surface area (Å²) in [5.74, 6) is 0.706. The average molecular weight is 364 g/mol. The van der Waals surface area contributed by atoms with E-state index in [0.29, 0.717) is 5.82 Å². The van der Waals surface area contributed by atoms with Crippen LogP contribution in [0.2, 0.25) is 5.02 Å². The maximum Gasteiger partial charge on any atom is 0.178 e. The smallest absolute Gasteiger partial charge is 0.178 e. The molecule has 2 heterocycles. The summed E-state index contributed by atoms with van der Waals surface area (Å²) in [7, 11) is 0. The van der Waals surface area contributed by atoms with Crippen molar-refractivity contribution in [2.45, 2.75) is 40.0 Å². The molecule has 0 fully saturated rings. The summed E-state index contributed by atoms with van der Waals surface area (Å²) >= 11 is 6.09. The van der Waals surface area contributed by atoms with Crippen LogP contribution < -0.4 is 0 Å². The van der Waals surface area contributed by atoms with Crippen LogP contribution in [0.4, 0.5) is 0 Å². The quantitative estimate of drug-likeness (QED) is 0.587. The molecule has 0 atom stereocenters. The van der Waals surface area contributed by atoms with Crippen LogP contribution in [-0.2, 0) is 12.8 Å². The zero-order valence-corrected chi connectivity index (χ0v) is 16.1. The number of fused-ring (bicyclic) bond motifs is 1. The van der Waals surface area contributed by atoms with Gasteiger partial charge >= 0.3 is 0 Å². The second kappa shape index (κ2) is 6.48. The predicted molar refractivity (Wildman–Crippen MR) is 106 cm³/mol. The first-order chi connectivity index (χ1) is 12.4. The fourth-order valence-corrected chi connectivity index (χ4v) is 3.70. The second-order valence-electron chi connectivity index (χ2n) is 7.83. The normalized spacial score (nSPS) is 15.5. The molecule has 0 radical (unpaired) electrons. The molecule has 0 N–H and O–H groups in total. The topological polar surface area (TPSA) is 38.7 Å². The molecule has 4 heteroatoms. The number of hydrogen-bond donors (Lipinski definition) is 0. The second-order valence-corrected chi connectivity index (χ2v) is 8.27. The van der Waals surface area contributed by atoms with E-state index >= 15 is 0 Å². The van der Waals surface area contributed by atoms with Gasteiger partial charge in [0.2, 0.25) is 0 Å². The summed E-state index contributed by atoms with van der Waals surface area (Å²) in [6.45, 7) is 6.62. The number of rotatable bonds is 2. The Bertz CT molecular complexity index is 962. The zero-order valence-electron chi connectivity index (χ0n) is 15.4. The summed E-state index contributed by atoms with van der Waals surface area (Å²) in [5.41, 5.74) is 6.58. The van der Waals surface area contributed by atoms with Crippen LogP contribution in [0.25, 0.3) is 22.8 Å². The van der Waals surface area contributed by atoms with Gasteiger partial charge in [0.15, 0.2) is 5.82 Å². The number of hydrogen-bond acceptors (Lipinski definition) is 3. The van der Waals surface area contributed by atoms with Gasteiger partial charge in [0, 0.05) is 27.5 Å². The maximum atomic E-state index is 6.09. The predicted octanol–water partition coefficient (Wildman–Crippen LogP) is 5.68. The van der Waals surface area contributed by atoms with Crippen molar-refractivity contribution in [1.82, 2.24) is 15.0 Å². The monoisotopic (exact) mass is 363 g/mol. The highest BCUT2D eigenvalue weighted by molar-refractivity contribution is 6.30. The van der Waals surface area contributed by atoms with Gasteiger partial charge in [-0.2, -0.15) is 0 Å². The Balaban J connectivity index is 1.92. The van der Waals surface area contributed by atoms with E-state index in [-0.39, 0.29) is 5.41 Å². The molecule has 0 amide bonds. The highest BCUT2D eigenvalue weighted by Gasteiger charge is 2.29. The van der Waals surface area contributed by atoms with Gasteiger partial charge in [0.05, 0.1) is 5.69 Å². The van der Waals surface area contributed by atoms with E-state index in [0.717, 1.165) is 52.6 Å². The highest BCUT2D eigenvalue weighted by Crippen LogP contribution is 2.39. The van der Waals surface area contributed by atoms with Gasteiger partial charge in [-0.15, -0.1) is 0 Å². The molecule has 0 bridgehead atoms. The van der Waals surface area contributed by atoms with E-state index in [1.54, 1.807) is 0 Å². The van der Waals surface area contributed by atoms with Crippen LogP contribution in [0.5, 0.6) is 0 Å². The molecule has 1 aromatic carbocycles. The molecule has 4 rings (SSSR count). The first-order valence-electron chi connectivity index (χ1n) is 9.01. The van der Waals surface area contributed by atoms with E-state index in [9.17, 15) is 0 Å². The van der Waals surface area contributed by atoms with Crippen molar-refractivity contribution in [3.63, 3.8) is 0 Å². The van der Waals surface area contributed by atoms with Crippen LogP contribution in [0.3, 0.4) is 0 Å². The molecule has 0 saturated carbocycles. The lowest BCUT2D eigenvalue weighted by molar-refractivity contribution is 0.312. The molecule has 2 aromatic heterocycles. The van der Waals surface area contributed by atoms with Crippen molar-refractivity contribution in [2.75, 3.05) is 0 Å². The highest BCUT2D eigenvalue weighted by atomic mass is 35.5. The van der Waals surface area contributed by atoms with Crippen LogP contribution in [0.15, 0.2) is 42.5 Å². The lowest BCUT2D eigenvalue weighted by atomic mass is 9.75. The minimum absolute atomic E-state index is 0.265. The van der Waals surface area contributed by atoms with Crippen LogP contribution >= 0.6 is 11.6 Å². The van der Waals surface area contributed by atoms with Crippen molar-refractivity contribution in [2.24, 2.45) is 5.41 Å². The molecule has 1 aliphatic carbocycles. The molecule has 26 heavy (non-hydrogen) atoms. The lowest BCUT2D eigenvalue weighted by Gasteiger charge is -2.32. The number of aromatic nitrogens is 3. The summed E-state index contributed by atoms with van der Waals surface area (Å²) in [5, 5.41) is 0.734. The van der Waals surface area contributed by atoms with Gasteiger partial charge in [-0.05, 0) is 55.9 Å². The third-order valence-corrected chi connectivity index (χ3v) is 5.27. The molecule has 1 aliphatic rings. The van der Waals surface area contributed by atoms with Crippen molar-refractivity contribution in [3.8, 4) is 22.8 Å². The van der Waals surface area contributed by atoms with Crippen LogP contribution in [0, 0.1) is 12.3 Å². The fourth-order valence-electron chi connectivity index (χ4n) is 3.58. The molecule has 0 unspecified atom stereocenters. The Labute approximate surface area is 159 Å². The summed E-state index contributed by atoms with van der Waals surface area (Å²) in [6.07, 6.45) is 3.10. The number of pyridine rings is 1. The SMILES string of the molecule is Cc1cccc(-c2nc3c(c(-c4ccc(Cl)cc4)n2)CC(C)(C)CC3)n1. The zero-order chi connectivity index (χ0) is 18.3. The van der Waals surface area contributed by atoms with Crippen molar-refractivity contribution >= 4 is 11.6 Å². The van der Waals surface area contributed by atoms with Crippen LogP contribution in [0.1, 0.15) is 37.2 Å². The third-order valence-electron chi connectivity index (χ3n) is 5.02. The first kappa shape index (κ1) is 17.2. The number of benzene rings is 1. The average Bonchev–Trinajstić information content (AvgIpc) is 2.61. The molecular formula is C22H22ClN3. The van der Waals surface area contributed by atoms with Crippen molar-refractivity contribution in [3.05, 3.63) is 64.4 Å². The molecule has 0 saturated heterocycles. The Morgan fingerprint density at radius 2 is 1.73 bits per heavy atom. The number of aryl methyl sites for hydroxylation is 2. The first-order valence-corrected chi connectivity index (χ1v) is 9.39. The Kier molecular flexibility index (Phi) is 4.28. The Hall–Kier alpha value is -2.26. The lowest BCUT2D eigenvalue weighted by Crippen LogP contribution is -2.24. The summed E-state index contributed by atoms with van der Waals surface area (Å²) in [4.78, 5) is 14.5. The summed E-state index contributed by atoms with van der Waals surface area (Å²) < 4.78 is 0. The minimum atomic E-state index is 0.265. The molecule has 3 nitrogen and oxygen atoms in total. The van der Waals surface area contributed by atoms with Crippen LogP contribution in [-0.4, -0.2) is 15.0 Å². The van der Waals surface area contributed by atoms with Crippen molar-refractivity contribution in [1.29, 1.82) is 0 Å². The van der Waals surface area contributed by atoms with Gasteiger partial charge in [0.25, 0.3) is 0 Å². The largest absolute Gasteiger partial charge is 0.250 e. The van der Waals surface area contributed by atoms with E-state index < -0.39 is 0 Å². The summed E-state index contributed by atoms with van der Waals surface area (Å²) in [6, 6.07) is 13.9. The van der Waals surface area contributed by atoms with Gasteiger partial charge < -0.3 is 0 Å². The fraction of sp³-hybridized carbons (Fsp3) is 0.318. The maximum absolute atomic E-state index is 6.09. The van der Waals surface area contributed by atoms with E-state index in [2.05, 4.69) is 18.8 Å². The number of halogens is 1.